The maximum Gasteiger partial charge on any atom is 0.264 e. The summed E-state index contributed by atoms with van der Waals surface area (Å²) in [6.45, 7) is 0. The lowest BCUT2D eigenvalue weighted by molar-refractivity contribution is -0.115. The summed E-state index contributed by atoms with van der Waals surface area (Å²) in [6, 6.07) is 14.7. The third kappa shape index (κ3) is 2.79. The zero-order valence-corrected chi connectivity index (χ0v) is 13.9. The standard InChI is InChI=1S/C17H11N3O2S2/c21-12-7-3-1-5-10(12)9-14-16(22)19-17(23-14)18-15-11-6-2-4-8-13(11)24-20-15/h1-9,21H,(H,18,19,20,22)/b14-9-. The van der Waals surface area contributed by atoms with Gasteiger partial charge in [-0.15, -0.1) is 0 Å². The molecule has 0 aliphatic carbocycles. The van der Waals surface area contributed by atoms with Crippen LogP contribution in [0.4, 0.5) is 5.82 Å². The summed E-state index contributed by atoms with van der Waals surface area (Å²) in [5.74, 6) is 0.498. The minimum atomic E-state index is -0.235. The van der Waals surface area contributed by atoms with Crippen LogP contribution in [-0.4, -0.2) is 20.6 Å². The maximum atomic E-state index is 12.1. The fourth-order valence-electron chi connectivity index (χ4n) is 2.28. The highest BCUT2D eigenvalue weighted by Crippen LogP contribution is 2.33. The number of nitrogens with one attached hydrogen (secondary N) is 1. The van der Waals surface area contributed by atoms with Gasteiger partial charge in [0.15, 0.2) is 11.0 Å². The molecule has 5 nitrogen and oxygen atoms in total. The molecule has 1 aliphatic rings. The van der Waals surface area contributed by atoms with Crippen molar-refractivity contribution in [1.82, 2.24) is 9.69 Å². The van der Waals surface area contributed by atoms with Gasteiger partial charge in [0.25, 0.3) is 5.91 Å². The zero-order chi connectivity index (χ0) is 16.5. The second kappa shape index (κ2) is 6.10. The van der Waals surface area contributed by atoms with Gasteiger partial charge < -0.3 is 10.4 Å². The molecule has 0 saturated carbocycles. The maximum absolute atomic E-state index is 12.1. The summed E-state index contributed by atoms with van der Waals surface area (Å²) in [5, 5.41) is 14.0. The van der Waals surface area contributed by atoms with Crippen LogP contribution >= 0.6 is 23.3 Å². The van der Waals surface area contributed by atoms with Gasteiger partial charge in [0.1, 0.15) is 5.75 Å². The van der Waals surface area contributed by atoms with Crippen molar-refractivity contribution in [3.63, 3.8) is 0 Å². The minimum absolute atomic E-state index is 0.134. The van der Waals surface area contributed by atoms with Gasteiger partial charge in [0, 0.05) is 10.9 Å². The van der Waals surface area contributed by atoms with E-state index < -0.39 is 0 Å². The lowest BCUT2D eigenvalue weighted by Gasteiger charge is -1.98. The van der Waals surface area contributed by atoms with Crippen LogP contribution in [0, 0.1) is 0 Å². The van der Waals surface area contributed by atoms with Crippen molar-refractivity contribution < 1.29 is 9.90 Å². The number of fused-ring (bicyclic) bond motifs is 1. The first kappa shape index (κ1) is 14.9. The number of hydrogen-bond acceptors (Lipinski definition) is 6. The quantitative estimate of drug-likeness (QED) is 0.685. The number of phenols is 1. The molecule has 1 amide bonds. The SMILES string of the molecule is O=C1NC(=Nc2nsc3ccccc23)S/C1=C\c1ccccc1O. The van der Waals surface area contributed by atoms with E-state index in [4.69, 9.17) is 0 Å². The number of thioether (sulfide) groups is 1. The van der Waals surface area contributed by atoms with Gasteiger partial charge in [-0.05, 0) is 47.6 Å². The van der Waals surface area contributed by atoms with Crippen LogP contribution < -0.4 is 5.32 Å². The average molecular weight is 353 g/mol. The smallest absolute Gasteiger partial charge is 0.264 e. The van der Waals surface area contributed by atoms with E-state index in [0.717, 1.165) is 10.1 Å². The minimum Gasteiger partial charge on any atom is -0.507 e. The Kier molecular flexibility index (Phi) is 3.79. The van der Waals surface area contributed by atoms with E-state index in [1.165, 1.54) is 23.3 Å². The Bertz CT molecular complexity index is 1010. The molecule has 0 unspecified atom stereocenters. The first-order valence-corrected chi connectivity index (χ1v) is 8.72. The van der Waals surface area contributed by atoms with E-state index in [-0.39, 0.29) is 11.7 Å². The van der Waals surface area contributed by atoms with Crippen molar-refractivity contribution in [2.24, 2.45) is 4.99 Å². The van der Waals surface area contributed by atoms with Crippen LogP contribution in [0.3, 0.4) is 0 Å². The van der Waals surface area contributed by atoms with Crippen molar-refractivity contribution in [3.05, 3.63) is 59.0 Å². The molecule has 3 aromatic rings. The average Bonchev–Trinajstić information content (AvgIpc) is 3.14. The summed E-state index contributed by atoms with van der Waals surface area (Å²) >= 11 is 2.61. The number of carbonyl (C=O) groups is 1. The molecule has 1 aromatic heterocycles. The number of phenolic OH excluding ortho intramolecular Hbond substituents is 1. The number of nitrogens with zero attached hydrogens (tertiary/aromatic N) is 2. The van der Waals surface area contributed by atoms with E-state index in [9.17, 15) is 9.90 Å². The highest BCUT2D eigenvalue weighted by atomic mass is 32.2. The fourth-order valence-corrected chi connectivity index (χ4v) is 3.82. The summed E-state index contributed by atoms with van der Waals surface area (Å²) in [7, 11) is 0. The van der Waals surface area contributed by atoms with Gasteiger partial charge in [-0.25, -0.2) is 4.99 Å². The van der Waals surface area contributed by atoms with E-state index in [2.05, 4.69) is 14.7 Å². The number of amidine groups is 1. The summed E-state index contributed by atoms with van der Waals surface area (Å²) in [5.41, 5.74) is 0.593. The molecule has 1 saturated heterocycles. The van der Waals surface area contributed by atoms with E-state index in [1.54, 1.807) is 30.3 Å². The van der Waals surface area contributed by atoms with Crippen LogP contribution in [0.1, 0.15) is 5.56 Å². The Labute approximate surface area is 145 Å². The topological polar surface area (TPSA) is 74.6 Å². The van der Waals surface area contributed by atoms with E-state index in [1.807, 2.05) is 24.3 Å². The Hall–Kier alpha value is -2.64. The van der Waals surface area contributed by atoms with E-state index in [0.29, 0.717) is 21.5 Å². The van der Waals surface area contributed by atoms with Crippen LogP contribution in [0.2, 0.25) is 0 Å². The number of para-hydroxylation sites is 1. The number of carbonyl (C=O) groups excluding carboxylic acids is 1. The molecule has 7 heteroatoms. The highest BCUT2D eigenvalue weighted by Gasteiger charge is 2.24. The molecule has 1 aliphatic heterocycles. The van der Waals surface area contributed by atoms with Crippen LogP contribution in [0.5, 0.6) is 5.75 Å². The molecule has 0 bridgehead atoms. The summed E-state index contributed by atoms with van der Waals surface area (Å²) in [4.78, 5) is 17.0. The molecule has 2 N–H and O–H groups in total. The number of amides is 1. The molecule has 24 heavy (non-hydrogen) atoms. The summed E-state index contributed by atoms with van der Waals surface area (Å²) < 4.78 is 5.39. The molecule has 0 atom stereocenters. The van der Waals surface area contributed by atoms with Gasteiger partial charge in [0.05, 0.1) is 9.61 Å². The largest absolute Gasteiger partial charge is 0.507 e. The molecule has 4 rings (SSSR count). The van der Waals surface area contributed by atoms with Crippen molar-refractivity contribution in [2.75, 3.05) is 0 Å². The lowest BCUT2D eigenvalue weighted by Crippen LogP contribution is -2.19. The second-order valence-corrected chi connectivity index (χ2v) is 6.88. The monoisotopic (exact) mass is 353 g/mol. The Morgan fingerprint density at radius 3 is 2.79 bits per heavy atom. The van der Waals surface area contributed by atoms with Crippen LogP contribution in [0.15, 0.2) is 58.4 Å². The number of aliphatic imine (C=N–C) groups is 1. The molecule has 2 aromatic carbocycles. The van der Waals surface area contributed by atoms with Gasteiger partial charge in [-0.3, -0.25) is 4.79 Å². The van der Waals surface area contributed by atoms with Crippen molar-refractivity contribution in [2.45, 2.75) is 0 Å². The zero-order valence-electron chi connectivity index (χ0n) is 12.3. The molecule has 118 valence electrons. The number of aromatic hydroxyl groups is 1. The molecule has 1 fully saturated rings. The third-order valence-corrected chi connectivity index (χ3v) is 5.17. The Morgan fingerprint density at radius 2 is 1.92 bits per heavy atom. The first-order valence-electron chi connectivity index (χ1n) is 7.13. The highest BCUT2D eigenvalue weighted by molar-refractivity contribution is 8.18. The van der Waals surface area contributed by atoms with Crippen LogP contribution in [-0.2, 0) is 4.79 Å². The van der Waals surface area contributed by atoms with Crippen molar-refractivity contribution in [3.8, 4) is 5.75 Å². The summed E-state index contributed by atoms with van der Waals surface area (Å²) in [6.07, 6.45) is 1.65. The molecule has 0 radical (unpaired) electrons. The molecule has 2 heterocycles. The molecule has 0 spiro atoms. The van der Waals surface area contributed by atoms with Crippen molar-refractivity contribution in [1.29, 1.82) is 0 Å². The predicted octanol–water partition coefficient (Wildman–Crippen LogP) is 3.89. The predicted molar refractivity (Wildman–Crippen MR) is 98.5 cm³/mol. The first-order chi connectivity index (χ1) is 11.7. The molecular weight excluding hydrogens is 342 g/mol. The van der Waals surface area contributed by atoms with Gasteiger partial charge >= 0.3 is 0 Å². The fraction of sp³-hybridized carbons (Fsp3) is 0. The van der Waals surface area contributed by atoms with E-state index >= 15 is 0 Å². The van der Waals surface area contributed by atoms with Gasteiger partial charge in [0.2, 0.25) is 0 Å². The number of rotatable bonds is 2. The second-order valence-electron chi connectivity index (χ2n) is 5.04. The van der Waals surface area contributed by atoms with Gasteiger partial charge in [-0.1, -0.05) is 30.3 Å². The number of hydrogen-bond donors (Lipinski definition) is 2. The van der Waals surface area contributed by atoms with Crippen molar-refractivity contribution >= 4 is 56.3 Å². The normalized spacial score (nSPS) is 17.8. The lowest BCUT2D eigenvalue weighted by atomic mass is 10.2. The Balaban J connectivity index is 1.66. The number of aromatic nitrogens is 1. The number of benzene rings is 2. The van der Waals surface area contributed by atoms with Gasteiger partial charge in [-0.2, -0.15) is 4.37 Å². The molecular formula is C17H11N3O2S2. The Morgan fingerprint density at radius 1 is 1.12 bits per heavy atom. The van der Waals surface area contributed by atoms with Crippen LogP contribution in [0.25, 0.3) is 16.2 Å². The third-order valence-electron chi connectivity index (χ3n) is 3.44.